The van der Waals surface area contributed by atoms with E-state index in [2.05, 4.69) is 86.8 Å². The van der Waals surface area contributed by atoms with Crippen molar-refractivity contribution in [3.05, 3.63) is 57.6 Å². The first-order chi connectivity index (χ1) is 20.4. The molecule has 6 N–H and O–H groups in total. The zero-order valence-electron chi connectivity index (χ0n) is 26.5. The van der Waals surface area contributed by atoms with Crippen LogP contribution >= 0.6 is 0 Å². The monoisotopic (exact) mass is 610 g/mol. The van der Waals surface area contributed by atoms with Gasteiger partial charge in [0, 0.05) is 24.1 Å². The van der Waals surface area contributed by atoms with Crippen LogP contribution in [-0.2, 0) is 5.54 Å². The van der Waals surface area contributed by atoms with Crippen molar-refractivity contribution in [2.45, 2.75) is 85.6 Å². The average molecular weight is 611 g/mol. The van der Waals surface area contributed by atoms with E-state index >= 15 is 0 Å². The largest absolute Gasteiger partial charge is 0.363 e. The van der Waals surface area contributed by atoms with Gasteiger partial charge in [0.15, 0.2) is 6.04 Å². The number of anilines is 1. The van der Waals surface area contributed by atoms with Crippen molar-refractivity contribution >= 4 is 35.1 Å². The highest BCUT2D eigenvalue weighted by atomic mass is 16.2. The number of nitrogens with two attached hydrogens (primary N) is 1. The molecule has 4 aromatic rings. The van der Waals surface area contributed by atoms with E-state index in [0.717, 1.165) is 5.92 Å². The molecule has 44 heavy (non-hydrogen) atoms. The van der Waals surface area contributed by atoms with Crippen LogP contribution in [-0.4, -0.2) is 80.1 Å². The summed E-state index contributed by atoms with van der Waals surface area (Å²) in [7, 11) is 0. The summed E-state index contributed by atoms with van der Waals surface area (Å²) in [5.41, 5.74) is 4.34. The summed E-state index contributed by atoms with van der Waals surface area (Å²) in [6.07, 6.45) is 8.00. The fourth-order valence-corrected chi connectivity index (χ4v) is 3.93. The van der Waals surface area contributed by atoms with Gasteiger partial charge in [0.1, 0.15) is 18.1 Å². The summed E-state index contributed by atoms with van der Waals surface area (Å²) in [5.74, 6) is 0.864. The van der Waals surface area contributed by atoms with Crippen molar-refractivity contribution in [2.24, 2.45) is 16.6 Å². The Morgan fingerprint density at radius 2 is 1.66 bits per heavy atom. The van der Waals surface area contributed by atoms with Gasteiger partial charge >= 0.3 is 5.69 Å². The molecule has 0 saturated heterocycles. The second kappa shape index (κ2) is 13.1. The van der Waals surface area contributed by atoms with Gasteiger partial charge in [0.05, 0.1) is 17.3 Å². The summed E-state index contributed by atoms with van der Waals surface area (Å²) in [6.45, 7) is 18.7. The summed E-state index contributed by atoms with van der Waals surface area (Å²) in [4.78, 5) is 66.0. The molecular weight excluding hydrogens is 568 g/mol. The molecule has 2 aliphatic heterocycles. The number of imidazole rings is 1. The zero-order chi connectivity index (χ0) is 33.0. The number of amides is 1. The minimum Gasteiger partial charge on any atom is -0.363 e. The molecule has 0 radical (unpaired) electrons. The Morgan fingerprint density at radius 3 is 2.20 bits per heavy atom. The van der Waals surface area contributed by atoms with Crippen molar-refractivity contribution in [1.29, 1.82) is 0 Å². The van der Waals surface area contributed by atoms with Gasteiger partial charge < -0.3 is 20.9 Å². The van der Waals surface area contributed by atoms with Gasteiger partial charge in [0.25, 0.3) is 17.4 Å². The van der Waals surface area contributed by atoms with Crippen molar-refractivity contribution in [1.82, 2.24) is 44.2 Å². The highest BCUT2D eigenvalue weighted by Gasteiger charge is 2.44. The Balaban J connectivity index is 0.000000174. The second-order valence-corrected chi connectivity index (χ2v) is 12.8. The van der Waals surface area contributed by atoms with E-state index in [1.54, 1.807) is 35.7 Å². The summed E-state index contributed by atoms with van der Waals surface area (Å²) in [6, 6.07) is 1.22. The molecule has 0 saturated carbocycles. The van der Waals surface area contributed by atoms with Crippen LogP contribution in [0.5, 0.6) is 0 Å². The molecule has 16 nitrogen and oxygen atoms in total. The van der Waals surface area contributed by atoms with Gasteiger partial charge in [-0.1, -0.05) is 20.8 Å². The van der Waals surface area contributed by atoms with Crippen LogP contribution < -0.4 is 22.3 Å². The number of H-pyrrole nitrogens is 3. The van der Waals surface area contributed by atoms with Crippen molar-refractivity contribution in [2.75, 3.05) is 5.32 Å². The van der Waals surface area contributed by atoms with Crippen LogP contribution in [0, 0.1) is 5.92 Å². The number of aromatic amines is 3. The summed E-state index contributed by atoms with van der Waals surface area (Å²) in [5, 5.41) is 7.63. The molecule has 0 bridgehead atoms. The third-order valence-corrected chi connectivity index (χ3v) is 5.99. The van der Waals surface area contributed by atoms with Gasteiger partial charge in [-0.25, -0.2) is 19.4 Å². The topological polar surface area (TPSA) is 218 Å². The lowest BCUT2D eigenvalue weighted by atomic mass is 10.0. The molecule has 0 aromatic carbocycles. The van der Waals surface area contributed by atoms with E-state index < -0.39 is 11.6 Å². The highest BCUT2D eigenvalue weighted by Crippen LogP contribution is 2.28. The number of nitrogens with one attached hydrogen (secondary N) is 4. The van der Waals surface area contributed by atoms with Crippen LogP contribution in [0.25, 0.3) is 11.0 Å². The molecule has 2 aliphatic rings. The molecule has 0 aliphatic carbocycles. The van der Waals surface area contributed by atoms with Gasteiger partial charge in [-0.3, -0.25) is 33.9 Å². The average Bonchev–Trinajstić information content (AvgIpc) is 3.69. The van der Waals surface area contributed by atoms with Crippen molar-refractivity contribution < 1.29 is 9.59 Å². The molecule has 6 heterocycles. The van der Waals surface area contributed by atoms with Gasteiger partial charge in [-0.05, 0) is 53.5 Å². The Kier molecular flexibility index (Phi) is 9.96. The molecule has 16 heteroatoms. The zero-order valence-corrected chi connectivity index (χ0v) is 26.5. The normalized spacial score (nSPS) is 17.0. The highest BCUT2D eigenvalue weighted by molar-refractivity contribution is 5.92. The molecule has 238 valence electrons. The van der Waals surface area contributed by atoms with Gasteiger partial charge in [-0.15, -0.1) is 5.10 Å². The number of hydrogen-bond acceptors (Lipinski definition) is 10. The Morgan fingerprint density at radius 1 is 1.00 bits per heavy atom. The maximum Gasteiger partial charge on any atom is 0.327 e. The van der Waals surface area contributed by atoms with Crippen molar-refractivity contribution in [3.63, 3.8) is 0 Å². The van der Waals surface area contributed by atoms with Crippen LogP contribution in [0.3, 0.4) is 0 Å². The Hall–Kier alpha value is -5.02. The minimum atomic E-state index is -0.599. The van der Waals surface area contributed by atoms with E-state index in [-0.39, 0.29) is 40.6 Å². The van der Waals surface area contributed by atoms with E-state index in [9.17, 15) is 19.2 Å². The first kappa shape index (κ1) is 33.5. The summed E-state index contributed by atoms with van der Waals surface area (Å²) < 4.78 is 3.12. The van der Waals surface area contributed by atoms with E-state index in [0.29, 0.717) is 17.0 Å². The maximum atomic E-state index is 12.2. The quantitative estimate of drug-likeness (QED) is 0.213. The van der Waals surface area contributed by atoms with Crippen LogP contribution in [0.4, 0.5) is 5.95 Å². The maximum absolute atomic E-state index is 12.2. The SMILES string of the molecule is CC(C)(C)N1C=NC2C(=O)n3ccnc3NC21.CC(C)(C)n1cnc(C(N)=O)n1.CC(C)C.O=c1[nH]c(=O)c2cc[nH]c2[nH]1. The minimum absolute atomic E-state index is 0.0238. The first-order valence-corrected chi connectivity index (χ1v) is 14.1. The van der Waals surface area contributed by atoms with E-state index in [4.69, 9.17) is 5.73 Å². The third kappa shape index (κ3) is 8.08. The molecular formula is C28H42N12O4. The molecule has 2 unspecified atom stereocenters. The number of aliphatic imine (C=N–C) groups is 1. The van der Waals surface area contributed by atoms with E-state index in [1.807, 2.05) is 20.8 Å². The number of carbonyl (C=O) groups is 2. The summed E-state index contributed by atoms with van der Waals surface area (Å²) >= 11 is 0. The molecule has 4 aromatic heterocycles. The van der Waals surface area contributed by atoms with Crippen LogP contribution in [0.1, 0.15) is 77.7 Å². The van der Waals surface area contributed by atoms with E-state index in [1.165, 1.54) is 10.9 Å². The first-order valence-electron chi connectivity index (χ1n) is 14.1. The molecule has 0 spiro atoms. The number of fused-ring (bicyclic) bond motifs is 3. The molecule has 0 fully saturated rings. The molecule has 6 rings (SSSR count). The fourth-order valence-electron chi connectivity index (χ4n) is 3.93. The number of hydrogen-bond donors (Lipinski definition) is 5. The Bertz CT molecular complexity index is 1720. The second-order valence-electron chi connectivity index (χ2n) is 12.8. The number of primary amides is 1. The number of nitrogens with zero attached hydrogens (tertiary/aromatic N) is 7. The van der Waals surface area contributed by atoms with Gasteiger partial charge in [-0.2, -0.15) is 0 Å². The van der Waals surface area contributed by atoms with Crippen molar-refractivity contribution in [3.8, 4) is 0 Å². The van der Waals surface area contributed by atoms with Crippen LogP contribution in [0.15, 0.2) is 45.6 Å². The predicted molar refractivity (Wildman–Crippen MR) is 168 cm³/mol. The smallest absolute Gasteiger partial charge is 0.327 e. The Labute approximate surface area is 254 Å². The predicted octanol–water partition coefficient (Wildman–Crippen LogP) is 2.12. The lowest BCUT2D eigenvalue weighted by molar-refractivity contribution is 0.0818. The molecule has 1 amide bonds. The third-order valence-electron chi connectivity index (χ3n) is 5.99. The van der Waals surface area contributed by atoms with Gasteiger partial charge in [0.2, 0.25) is 11.8 Å². The lowest BCUT2D eigenvalue weighted by Crippen LogP contribution is -2.56. The van der Waals surface area contributed by atoms with Crippen LogP contribution in [0.2, 0.25) is 0 Å². The molecule has 2 atom stereocenters. The lowest BCUT2D eigenvalue weighted by Gasteiger charge is -2.39. The number of rotatable bonds is 1. The standard InChI is InChI=1S/C11H15N5O.C7H12N4O.C6H5N3O2.C4H10/c1-11(2,3)16-6-13-7-8(16)14-10-12-4-5-15(10)9(7)17;1-7(2,3)11-4-9-6(10-11)5(8)12;10-5-3-1-2-7-4(3)8-6(11)9-5;1-4(2)3/h4-8H,1-3H3,(H,12,14);4H,1-3H3,(H2,8,12);1-2H,(H3,7,8,9,10,11);4H,1-3H3. The number of carbonyl (C=O) groups excluding carboxylic acids is 2. The number of aromatic nitrogens is 8. The fraction of sp³-hybridized carbons (Fsp3) is 0.500.